The summed E-state index contributed by atoms with van der Waals surface area (Å²) >= 11 is 0. The lowest BCUT2D eigenvalue weighted by molar-refractivity contribution is 0.0937. The average molecular weight is 250 g/mol. The van der Waals surface area contributed by atoms with E-state index in [0.29, 0.717) is 22.9 Å². The molecule has 1 unspecified atom stereocenters. The Balaban J connectivity index is 2.72. The van der Waals surface area contributed by atoms with Gasteiger partial charge in [-0.05, 0) is 31.4 Å². The zero-order chi connectivity index (χ0) is 13.7. The molecular formula is C14H22N2O2. The predicted octanol–water partition coefficient (Wildman–Crippen LogP) is 2.44. The summed E-state index contributed by atoms with van der Waals surface area (Å²) in [5, 5.41) is 2.95. The van der Waals surface area contributed by atoms with Crippen molar-refractivity contribution >= 4 is 11.6 Å². The van der Waals surface area contributed by atoms with Crippen LogP contribution in [-0.4, -0.2) is 19.1 Å². The number of carbonyl (C=O) groups is 1. The first-order valence-corrected chi connectivity index (χ1v) is 6.18. The van der Waals surface area contributed by atoms with Crippen molar-refractivity contribution in [2.45, 2.75) is 33.2 Å². The quantitative estimate of drug-likeness (QED) is 0.789. The van der Waals surface area contributed by atoms with Crippen LogP contribution in [0.15, 0.2) is 18.2 Å². The highest BCUT2D eigenvalue weighted by molar-refractivity contribution is 5.99. The molecular weight excluding hydrogens is 228 g/mol. The molecule has 100 valence electrons. The van der Waals surface area contributed by atoms with E-state index in [-0.39, 0.29) is 11.9 Å². The normalized spacial score (nSPS) is 12.3. The molecule has 0 bridgehead atoms. The highest BCUT2D eigenvalue weighted by atomic mass is 16.5. The van der Waals surface area contributed by atoms with E-state index in [9.17, 15) is 4.79 Å². The maximum Gasteiger partial charge on any atom is 0.253 e. The van der Waals surface area contributed by atoms with E-state index in [1.54, 1.807) is 25.3 Å². The van der Waals surface area contributed by atoms with Gasteiger partial charge in [-0.25, -0.2) is 0 Å². The number of nitrogens with one attached hydrogen (secondary N) is 1. The maximum absolute atomic E-state index is 12.0. The van der Waals surface area contributed by atoms with Crippen molar-refractivity contribution in [2.24, 2.45) is 5.92 Å². The van der Waals surface area contributed by atoms with Gasteiger partial charge in [-0.2, -0.15) is 0 Å². The SMILES string of the molecule is COc1ccc(C(=O)NC(C)CC(C)C)c(N)c1. The van der Waals surface area contributed by atoms with Crippen LogP contribution < -0.4 is 15.8 Å². The van der Waals surface area contributed by atoms with Gasteiger partial charge in [0.1, 0.15) is 5.75 Å². The Kier molecular flexibility index (Phi) is 5.01. The molecule has 0 aromatic heterocycles. The summed E-state index contributed by atoms with van der Waals surface area (Å²) in [6.45, 7) is 6.26. The second-order valence-corrected chi connectivity index (χ2v) is 4.96. The molecule has 1 atom stereocenters. The summed E-state index contributed by atoms with van der Waals surface area (Å²) in [6.07, 6.45) is 0.946. The standard InChI is InChI=1S/C14H22N2O2/c1-9(2)7-10(3)16-14(17)12-6-5-11(18-4)8-13(12)15/h5-6,8-10H,7,15H2,1-4H3,(H,16,17). The second-order valence-electron chi connectivity index (χ2n) is 4.96. The summed E-state index contributed by atoms with van der Waals surface area (Å²) in [5.41, 5.74) is 6.76. The Morgan fingerprint density at radius 2 is 2.06 bits per heavy atom. The van der Waals surface area contributed by atoms with Crippen LogP contribution in [0.25, 0.3) is 0 Å². The minimum absolute atomic E-state index is 0.136. The maximum atomic E-state index is 12.0. The fraction of sp³-hybridized carbons (Fsp3) is 0.500. The minimum Gasteiger partial charge on any atom is -0.497 e. The molecule has 0 saturated heterocycles. The molecule has 1 aromatic rings. The molecule has 0 aliphatic carbocycles. The average Bonchev–Trinajstić information content (AvgIpc) is 2.27. The van der Waals surface area contributed by atoms with E-state index < -0.39 is 0 Å². The number of hydrogen-bond donors (Lipinski definition) is 2. The summed E-state index contributed by atoms with van der Waals surface area (Å²) in [6, 6.07) is 5.21. The lowest BCUT2D eigenvalue weighted by Crippen LogP contribution is -2.33. The first-order valence-electron chi connectivity index (χ1n) is 6.18. The summed E-state index contributed by atoms with van der Waals surface area (Å²) in [7, 11) is 1.57. The molecule has 1 rings (SSSR count). The van der Waals surface area contributed by atoms with E-state index in [0.717, 1.165) is 6.42 Å². The Hall–Kier alpha value is -1.71. The molecule has 0 aliphatic rings. The summed E-state index contributed by atoms with van der Waals surface area (Å²) < 4.78 is 5.05. The van der Waals surface area contributed by atoms with E-state index in [2.05, 4.69) is 19.2 Å². The van der Waals surface area contributed by atoms with Gasteiger partial charge >= 0.3 is 0 Å². The van der Waals surface area contributed by atoms with Gasteiger partial charge in [0.2, 0.25) is 0 Å². The van der Waals surface area contributed by atoms with Crippen molar-refractivity contribution < 1.29 is 9.53 Å². The first kappa shape index (κ1) is 14.4. The topological polar surface area (TPSA) is 64.3 Å². The summed E-state index contributed by atoms with van der Waals surface area (Å²) in [5.74, 6) is 1.07. The third-order valence-electron chi connectivity index (χ3n) is 2.71. The second kappa shape index (κ2) is 6.28. The molecule has 1 aromatic carbocycles. The van der Waals surface area contributed by atoms with Gasteiger partial charge in [-0.1, -0.05) is 13.8 Å². The number of nitrogen functional groups attached to an aromatic ring is 1. The van der Waals surface area contributed by atoms with Crippen LogP contribution in [0.2, 0.25) is 0 Å². The van der Waals surface area contributed by atoms with E-state index >= 15 is 0 Å². The highest BCUT2D eigenvalue weighted by Gasteiger charge is 2.13. The van der Waals surface area contributed by atoms with Gasteiger partial charge in [0.25, 0.3) is 5.91 Å². The van der Waals surface area contributed by atoms with Crippen LogP contribution in [0.3, 0.4) is 0 Å². The zero-order valence-corrected chi connectivity index (χ0v) is 11.5. The van der Waals surface area contributed by atoms with E-state index in [1.165, 1.54) is 0 Å². The fourth-order valence-corrected chi connectivity index (χ4v) is 1.94. The Bertz CT molecular complexity index is 416. The molecule has 4 nitrogen and oxygen atoms in total. The molecule has 0 heterocycles. The van der Waals surface area contributed by atoms with Crippen molar-refractivity contribution in [1.29, 1.82) is 0 Å². The van der Waals surface area contributed by atoms with E-state index in [1.807, 2.05) is 6.92 Å². The largest absolute Gasteiger partial charge is 0.497 e. The number of carbonyl (C=O) groups excluding carboxylic acids is 1. The van der Waals surface area contributed by atoms with Gasteiger partial charge in [0.15, 0.2) is 0 Å². The van der Waals surface area contributed by atoms with Crippen LogP contribution in [0.5, 0.6) is 5.75 Å². The van der Waals surface area contributed by atoms with Gasteiger partial charge in [-0.3, -0.25) is 4.79 Å². The minimum atomic E-state index is -0.136. The molecule has 0 saturated carbocycles. The van der Waals surface area contributed by atoms with Gasteiger partial charge in [0, 0.05) is 17.8 Å². The molecule has 1 amide bonds. The number of nitrogens with two attached hydrogens (primary N) is 1. The molecule has 0 fully saturated rings. The number of methoxy groups -OCH3 is 1. The van der Waals surface area contributed by atoms with Gasteiger partial charge < -0.3 is 15.8 Å². The van der Waals surface area contributed by atoms with Crippen molar-refractivity contribution in [1.82, 2.24) is 5.32 Å². The van der Waals surface area contributed by atoms with Crippen LogP contribution in [-0.2, 0) is 0 Å². The molecule has 18 heavy (non-hydrogen) atoms. The highest BCUT2D eigenvalue weighted by Crippen LogP contribution is 2.19. The number of ether oxygens (including phenoxy) is 1. The van der Waals surface area contributed by atoms with Crippen molar-refractivity contribution in [3.8, 4) is 5.75 Å². The lowest BCUT2D eigenvalue weighted by atomic mass is 10.0. The van der Waals surface area contributed by atoms with Crippen LogP contribution >= 0.6 is 0 Å². The van der Waals surface area contributed by atoms with Crippen molar-refractivity contribution in [2.75, 3.05) is 12.8 Å². The van der Waals surface area contributed by atoms with Crippen LogP contribution in [0, 0.1) is 5.92 Å². The third-order valence-corrected chi connectivity index (χ3v) is 2.71. The number of hydrogen-bond acceptors (Lipinski definition) is 3. The fourth-order valence-electron chi connectivity index (χ4n) is 1.94. The van der Waals surface area contributed by atoms with Crippen molar-refractivity contribution in [3.05, 3.63) is 23.8 Å². The summed E-state index contributed by atoms with van der Waals surface area (Å²) in [4.78, 5) is 12.0. The third kappa shape index (κ3) is 3.95. The number of anilines is 1. The molecule has 0 aliphatic heterocycles. The zero-order valence-electron chi connectivity index (χ0n) is 11.5. The van der Waals surface area contributed by atoms with Crippen LogP contribution in [0.4, 0.5) is 5.69 Å². The Morgan fingerprint density at radius 3 is 2.56 bits per heavy atom. The monoisotopic (exact) mass is 250 g/mol. The van der Waals surface area contributed by atoms with Gasteiger partial charge in [0.05, 0.1) is 12.7 Å². The number of amides is 1. The molecule has 0 spiro atoms. The first-order chi connectivity index (χ1) is 8.43. The lowest BCUT2D eigenvalue weighted by Gasteiger charge is -2.16. The predicted molar refractivity (Wildman–Crippen MR) is 73.8 cm³/mol. The van der Waals surface area contributed by atoms with Crippen molar-refractivity contribution in [3.63, 3.8) is 0 Å². The van der Waals surface area contributed by atoms with Gasteiger partial charge in [-0.15, -0.1) is 0 Å². The molecule has 3 N–H and O–H groups in total. The Morgan fingerprint density at radius 1 is 1.39 bits per heavy atom. The van der Waals surface area contributed by atoms with Crippen LogP contribution in [0.1, 0.15) is 37.6 Å². The molecule has 0 radical (unpaired) electrons. The number of benzene rings is 1. The Labute approximate surface area is 109 Å². The smallest absolute Gasteiger partial charge is 0.253 e. The van der Waals surface area contributed by atoms with E-state index in [4.69, 9.17) is 10.5 Å². The number of rotatable bonds is 5. The molecule has 4 heteroatoms.